The highest BCUT2D eigenvalue weighted by Crippen LogP contribution is 2.34. The van der Waals surface area contributed by atoms with E-state index in [1.807, 2.05) is 6.92 Å². The highest BCUT2D eigenvalue weighted by Gasteiger charge is 2.37. The number of rotatable bonds is 3. The van der Waals surface area contributed by atoms with E-state index >= 15 is 0 Å². The molecule has 1 aromatic rings. The number of aliphatic hydroxyl groups is 1. The van der Waals surface area contributed by atoms with Crippen LogP contribution in [0.3, 0.4) is 0 Å². The first kappa shape index (κ1) is 13.5. The van der Waals surface area contributed by atoms with E-state index in [1.54, 1.807) is 6.07 Å². The first-order valence-corrected chi connectivity index (χ1v) is 6.62. The van der Waals surface area contributed by atoms with Crippen LogP contribution < -0.4 is 0 Å². The summed E-state index contributed by atoms with van der Waals surface area (Å²) in [6, 6.07) is 4.61. The van der Waals surface area contributed by atoms with Crippen molar-refractivity contribution >= 4 is 0 Å². The van der Waals surface area contributed by atoms with Crippen LogP contribution in [-0.2, 0) is 0 Å². The molecule has 2 rings (SSSR count). The van der Waals surface area contributed by atoms with Crippen LogP contribution in [0.15, 0.2) is 18.2 Å². The lowest BCUT2D eigenvalue weighted by Gasteiger charge is -2.40. The van der Waals surface area contributed by atoms with Gasteiger partial charge in [0.15, 0.2) is 0 Å². The minimum atomic E-state index is -0.587. The molecule has 1 atom stereocenters. The van der Waals surface area contributed by atoms with Crippen molar-refractivity contribution in [3.05, 3.63) is 35.1 Å². The Morgan fingerprint density at radius 1 is 1.28 bits per heavy atom. The van der Waals surface area contributed by atoms with Crippen molar-refractivity contribution in [3.8, 4) is 0 Å². The van der Waals surface area contributed by atoms with Gasteiger partial charge < -0.3 is 5.11 Å². The summed E-state index contributed by atoms with van der Waals surface area (Å²) in [6.45, 7) is 8.04. The summed E-state index contributed by atoms with van der Waals surface area (Å²) in [6.07, 6.45) is 1.80. The molecule has 1 fully saturated rings. The Hall–Kier alpha value is -0.930. The topological polar surface area (TPSA) is 23.5 Å². The molecule has 18 heavy (non-hydrogen) atoms. The lowest BCUT2D eigenvalue weighted by Crippen LogP contribution is -2.47. The highest BCUT2D eigenvalue weighted by atomic mass is 19.1. The fourth-order valence-electron chi connectivity index (χ4n) is 2.79. The maximum atomic E-state index is 13.1. The molecule has 0 spiro atoms. The summed E-state index contributed by atoms with van der Waals surface area (Å²) in [5, 5.41) is 10.6. The predicted molar refractivity (Wildman–Crippen MR) is 71.0 cm³/mol. The zero-order valence-electron chi connectivity index (χ0n) is 11.4. The molecule has 0 bridgehead atoms. The molecule has 2 nitrogen and oxygen atoms in total. The lowest BCUT2D eigenvalue weighted by atomic mass is 9.87. The third-order valence-corrected chi connectivity index (χ3v) is 4.12. The number of aryl methyl sites for hydroxylation is 1. The number of likely N-dealkylation sites (tertiary alicyclic amines) is 1. The molecule has 1 heterocycles. The maximum Gasteiger partial charge on any atom is 0.123 e. The normalized spacial score (nSPS) is 19.2. The Labute approximate surface area is 108 Å². The number of hydrogen-bond donors (Lipinski definition) is 1. The van der Waals surface area contributed by atoms with Gasteiger partial charge >= 0.3 is 0 Å². The molecular weight excluding hydrogens is 229 g/mol. The molecule has 0 aliphatic carbocycles. The van der Waals surface area contributed by atoms with Crippen LogP contribution in [0, 0.1) is 12.7 Å². The minimum absolute atomic E-state index is 0.248. The van der Waals surface area contributed by atoms with Gasteiger partial charge in [0.2, 0.25) is 0 Å². The van der Waals surface area contributed by atoms with Gasteiger partial charge in [-0.25, -0.2) is 4.39 Å². The molecule has 0 radical (unpaired) electrons. The Bertz CT molecular complexity index is 425. The van der Waals surface area contributed by atoms with E-state index in [0.29, 0.717) is 0 Å². The summed E-state index contributed by atoms with van der Waals surface area (Å²) in [5.74, 6) is -0.248. The molecule has 1 unspecified atom stereocenters. The highest BCUT2D eigenvalue weighted by molar-refractivity contribution is 5.30. The van der Waals surface area contributed by atoms with Gasteiger partial charge in [-0.2, -0.15) is 0 Å². The van der Waals surface area contributed by atoms with Gasteiger partial charge in [-0.15, -0.1) is 0 Å². The summed E-state index contributed by atoms with van der Waals surface area (Å²) in [7, 11) is 0. The molecular formula is C15H22FNO. The molecule has 0 saturated carbocycles. The SMILES string of the molecule is Cc1cc(F)ccc1C(O)C(C)(C)N1CCCC1. The summed E-state index contributed by atoms with van der Waals surface area (Å²) >= 11 is 0. The zero-order valence-corrected chi connectivity index (χ0v) is 11.4. The quantitative estimate of drug-likeness (QED) is 0.892. The number of benzene rings is 1. The summed E-state index contributed by atoms with van der Waals surface area (Å²) in [5.41, 5.74) is 1.34. The average molecular weight is 251 g/mol. The first-order chi connectivity index (χ1) is 8.43. The second kappa shape index (κ2) is 4.98. The standard InChI is InChI=1S/C15H22FNO/c1-11-10-12(16)6-7-13(11)14(18)15(2,3)17-8-4-5-9-17/h6-7,10,14,18H,4-5,8-9H2,1-3H3. The molecule has 1 aliphatic rings. The van der Waals surface area contributed by atoms with Gasteiger partial charge in [-0.1, -0.05) is 6.07 Å². The number of aliphatic hydroxyl groups excluding tert-OH is 1. The van der Waals surface area contributed by atoms with Gasteiger partial charge in [0, 0.05) is 5.54 Å². The van der Waals surface area contributed by atoms with Crippen LogP contribution in [-0.4, -0.2) is 28.6 Å². The van der Waals surface area contributed by atoms with E-state index in [1.165, 1.54) is 25.0 Å². The fourth-order valence-corrected chi connectivity index (χ4v) is 2.79. The van der Waals surface area contributed by atoms with E-state index in [-0.39, 0.29) is 11.4 Å². The van der Waals surface area contributed by atoms with Gasteiger partial charge in [0.05, 0.1) is 6.10 Å². The molecule has 0 amide bonds. The van der Waals surface area contributed by atoms with E-state index in [2.05, 4.69) is 18.7 Å². The van der Waals surface area contributed by atoms with Crippen molar-refractivity contribution in [1.29, 1.82) is 0 Å². The molecule has 1 N–H and O–H groups in total. The van der Waals surface area contributed by atoms with Crippen LogP contribution in [0.2, 0.25) is 0 Å². The Kier molecular flexibility index (Phi) is 3.74. The van der Waals surface area contributed by atoms with Gasteiger partial charge in [-0.3, -0.25) is 4.90 Å². The molecule has 1 saturated heterocycles. The van der Waals surface area contributed by atoms with Crippen molar-refractivity contribution in [1.82, 2.24) is 4.90 Å². The number of nitrogens with zero attached hydrogens (tertiary/aromatic N) is 1. The molecule has 100 valence electrons. The minimum Gasteiger partial charge on any atom is -0.386 e. The van der Waals surface area contributed by atoms with E-state index in [9.17, 15) is 9.50 Å². The monoisotopic (exact) mass is 251 g/mol. The molecule has 1 aromatic carbocycles. The van der Waals surface area contributed by atoms with Crippen molar-refractivity contribution in [2.75, 3.05) is 13.1 Å². The van der Waals surface area contributed by atoms with Crippen molar-refractivity contribution < 1.29 is 9.50 Å². The van der Waals surface area contributed by atoms with Gasteiger partial charge in [-0.05, 0) is 70.0 Å². The largest absolute Gasteiger partial charge is 0.386 e. The molecule has 0 aromatic heterocycles. The summed E-state index contributed by atoms with van der Waals surface area (Å²) < 4.78 is 13.1. The van der Waals surface area contributed by atoms with Gasteiger partial charge in [0.1, 0.15) is 5.82 Å². The van der Waals surface area contributed by atoms with Crippen molar-refractivity contribution in [3.63, 3.8) is 0 Å². The van der Waals surface area contributed by atoms with Crippen LogP contribution in [0.1, 0.15) is 43.9 Å². The molecule has 3 heteroatoms. The fraction of sp³-hybridized carbons (Fsp3) is 0.600. The zero-order chi connectivity index (χ0) is 13.3. The average Bonchev–Trinajstić information content (AvgIpc) is 2.82. The first-order valence-electron chi connectivity index (χ1n) is 6.62. The van der Waals surface area contributed by atoms with Gasteiger partial charge in [0.25, 0.3) is 0 Å². The van der Waals surface area contributed by atoms with Crippen LogP contribution >= 0.6 is 0 Å². The second-order valence-electron chi connectivity index (χ2n) is 5.75. The van der Waals surface area contributed by atoms with Crippen LogP contribution in [0.5, 0.6) is 0 Å². The smallest absolute Gasteiger partial charge is 0.123 e. The number of halogens is 1. The number of hydrogen-bond acceptors (Lipinski definition) is 2. The predicted octanol–water partition coefficient (Wildman–Crippen LogP) is 3.04. The van der Waals surface area contributed by atoms with Crippen LogP contribution in [0.4, 0.5) is 4.39 Å². The maximum absolute atomic E-state index is 13.1. The Balaban J connectivity index is 2.26. The summed E-state index contributed by atoms with van der Waals surface area (Å²) in [4.78, 5) is 2.32. The Morgan fingerprint density at radius 2 is 1.89 bits per heavy atom. The lowest BCUT2D eigenvalue weighted by molar-refractivity contribution is 0.000934. The van der Waals surface area contributed by atoms with E-state index < -0.39 is 6.10 Å². The Morgan fingerprint density at radius 3 is 2.44 bits per heavy atom. The second-order valence-corrected chi connectivity index (χ2v) is 5.75. The third kappa shape index (κ3) is 2.43. The molecule has 1 aliphatic heterocycles. The third-order valence-electron chi connectivity index (χ3n) is 4.12. The van der Waals surface area contributed by atoms with E-state index in [0.717, 1.165) is 24.2 Å². The van der Waals surface area contributed by atoms with Crippen LogP contribution in [0.25, 0.3) is 0 Å². The van der Waals surface area contributed by atoms with Crippen molar-refractivity contribution in [2.45, 2.75) is 45.3 Å². The van der Waals surface area contributed by atoms with Crippen molar-refractivity contribution in [2.24, 2.45) is 0 Å². The van der Waals surface area contributed by atoms with E-state index in [4.69, 9.17) is 0 Å².